The summed E-state index contributed by atoms with van der Waals surface area (Å²) in [5.74, 6) is -0.861. The van der Waals surface area contributed by atoms with Gasteiger partial charge in [0.1, 0.15) is 5.75 Å². The largest absolute Gasteiger partial charge is 0.534 e. The van der Waals surface area contributed by atoms with Crippen LogP contribution in [0, 0.1) is 0 Å². The molecule has 0 radical (unpaired) electrons. The molecule has 0 unspecified atom stereocenters. The van der Waals surface area contributed by atoms with Gasteiger partial charge in [0.2, 0.25) is 0 Å². The molecule has 0 spiro atoms. The van der Waals surface area contributed by atoms with Crippen LogP contribution in [0.15, 0.2) is 94.7 Å². The Morgan fingerprint density at radius 2 is 1.06 bits per heavy atom. The van der Waals surface area contributed by atoms with Gasteiger partial charge in [-0.1, -0.05) is 36.4 Å². The SMILES string of the molecule is O=S(=O)(Oc1ccc(C(F)(F)F)cc1)C(F)(F)F.c1ccc([SH+]c2ccccc2)cc1. The molecule has 3 aromatic rings. The maximum Gasteiger partial charge on any atom is 0.534 e. The van der Waals surface area contributed by atoms with Gasteiger partial charge in [-0.15, -0.1) is 0 Å². The first-order valence-corrected chi connectivity index (χ1v) is 10.7. The molecule has 0 atom stereocenters. The standard InChI is InChI=1S/C12H10S.C8H4F6O3S/c1-3-7-11(8-4-1)13-12-9-5-2-6-10-12;9-7(10,11)5-1-3-6(4-2-5)17-18(15,16)8(12,13)14/h1-10H;1-4H/p+1. The third-order valence-corrected chi connectivity index (χ3v) is 5.53. The van der Waals surface area contributed by atoms with Crippen molar-refractivity contribution >= 4 is 21.9 Å². The van der Waals surface area contributed by atoms with E-state index in [0.29, 0.717) is 24.3 Å². The predicted molar refractivity (Wildman–Crippen MR) is 105 cm³/mol. The van der Waals surface area contributed by atoms with E-state index in [4.69, 9.17) is 0 Å². The van der Waals surface area contributed by atoms with E-state index in [1.54, 1.807) is 0 Å². The summed E-state index contributed by atoms with van der Waals surface area (Å²) in [6.45, 7) is 0. The van der Waals surface area contributed by atoms with Gasteiger partial charge in [-0.25, -0.2) is 0 Å². The lowest BCUT2D eigenvalue weighted by Gasteiger charge is -2.10. The Labute approximate surface area is 178 Å². The van der Waals surface area contributed by atoms with Crippen LogP contribution >= 0.6 is 0 Å². The van der Waals surface area contributed by atoms with Gasteiger partial charge >= 0.3 is 21.8 Å². The smallest absolute Gasteiger partial charge is 0.376 e. The Hall–Kier alpha value is -2.66. The van der Waals surface area contributed by atoms with Crippen LogP contribution in [0.3, 0.4) is 0 Å². The number of benzene rings is 3. The predicted octanol–water partition coefficient (Wildman–Crippen LogP) is 5.85. The number of hydrogen-bond donors (Lipinski definition) is 0. The molecule has 0 saturated heterocycles. The fraction of sp³-hybridized carbons (Fsp3) is 0.100. The Kier molecular flexibility index (Phi) is 8.02. The molecule has 166 valence electrons. The molecule has 0 bridgehead atoms. The summed E-state index contributed by atoms with van der Waals surface area (Å²) < 4.78 is 96.7. The first-order valence-electron chi connectivity index (χ1n) is 8.38. The lowest BCUT2D eigenvalue weighted by molar-refractivity contribution is -0.137. The molecular formula is C20H15F6O3S2+. The highest BCUT2D eigenvalue weighted by Gasteiger charge is 2.48. The van der Waals surface area contributed by atoms with Crippen LogP contribution in [-0.2, 0) is 28.1 Å². The van der Waals surface area contributed by atoms with E-state index in [2.05, 4.69) is 52.7 Å². The minimum atomic E-state index is -5.88. The Morgan fingerprint density at radius 1 is 0.645 bits per heavy atom. The minimum Gasteiger partial charge on any atom is -0.376 e. The van der Waals surface area contributed by atoms with Crippen LogP contribution in [0.5, 0.6) is 5.75 Å². The lowest BCUT2D eigenvalue weighted by atomic mass is 10.2. The zero-order chi connectivity index (χ0) is 23.1. The van der Waals surface area contributed by atoms with Crippen LogP contribution in [0.25, 0.3) is 0 Å². The minimum absolute atomic E-state index is 0.404. The zero-order valence-electron chi connectivity index (χ0n) is 15.4. The van der Waals surface area contributed by atoms with Crippen molar-refractivity contribution in [2.45, 2.75) is 21.5 Å². The van der Waals surface area contributed by atoms with Gasteiger partial charge in [0.15, 0.2) is 9.79 Å². The van der Waals surface area contributed by atoms with Crippen molar-refractivity contribution in [1.82, 2.24) is 0 Å². The van der Waals surface area contributed by atoms with Crippen LogP contribution in [-0.4, -0.2) is 13.9 Å². The number of halogens is 6. The van der Waals surface area contributed by atoms with Crippen molar-refractivity contribution < 1.29 is 38.9 Å². The molecule has 11 heteroatoms. The summed E-state index contributed by atoms with van der Waals surface area (Å²) >= 11 is 1.28. The van der Waals surface area contributed by atoms with E-state index in [1.807, 2.05) is 12.1 Å². The van der Waals surface area contributed by atoms with Crippen molar-refractivity contribution in [3.63, 3.8) is 0 Å². The van der Waals surface area contributed by atoms with Gasteiger partial charge in [-0.05, 0) is 48.5 Å². The van der Waals surface area contributed by atoms with Crippen LogP contribution in [0.2, 0.25) is 0 Å². The summed E-state index contributed by atoms with van der Waals surface area (Å²) in [5.41, 5.74) is -6.78. The third kappa shape index (κ3) is 7.83. The van der Waals surface area contributed by atoms with Gasteiger partial charge in [0.05, 0.1) is 5.56 Å². The average molecular weight is 481 g/mol. The fourth-order valence-electron chi connectivity index (χ4n) is 2.03. The van der Waals surface area contributed by atoms with Gasteiger partial charge in [-0.3, -0.25) is 0 Å². The zero-order valence-corrected chi connectivity index (χ0v) is 17.1. The molecule has 3 rings (SSSR count). The fourth-order valence-corrected chi connectivity index (χ4v) is 3.43. The van der Waals surface area contributed by atoms with Crippen molar-refractivity contribution in [2.75, 3.05) is 0 Å². The number of rotatable bonds is 4. The molecule has 0 aliphatic heterocycles. The van der Waals surface area contributed by atoms with Gasteiger partial charge in [0.25, 0.3) is 0 Å². The normalized spacial score (nSPS) is 11.9. The first-order chi connectivity index (χ1) is 14.4. The van der Waals surface area contributed by atoms with Crippen molar-refractivity contribution in [2.24, 2.45) is 0 Å². The van der Waals surface area contributed by atoms with Crippen LogP contribution in [0.4, 0.5) is 26.3 Å². The molecule has 31 heavy (non-hydrogen) atoms. The molecule has 3 aromatic carbocycles. The summed E-state index contributed by atoms with van der Waals surface area (Å²) in [6, 6.07) is 22.7. The molecule has 0 amide bonds. The summed E-state index contributed by atoms with van der Waals surface area (Å²) in [6.07, 6.45) is -4.68. The van der Waals surface area contributed by atoms with Gasteiger partial charge in [-0.2, -0.15) is 34.8 Å². The Bertz CT molecular complexity index is 1010. The molecule has 0 aliphatic carbocycles. The molecule has 0 heterocycles. The number of thiol groups is 1. The summed E-state index contributed by atoms with van der Waals surface area (Å²) in [7, 11) is -5.88. The number of alkyl halides is 6. The third-order valence-electron chi connectivity index (χ3n) is 3.44. The quantitative estimate of drug-likeness (QED) is 0.154. The maximum atomic E-state index is 12.1. The van der Waals surface area contributed by atoms with Crippen molar-refractivity contribution in [1.29, 1.82) is 0 Å². The second-order valence-electron chi connectivity index (χ2n) is 5.79. The molecule has 0 saturated carbocycles. The van der Waals surface area contributed by atoms with E-state index in [0.717, 1.165) is 0 Å². The van der Waals surface area contributed by atoms with Gasteiger partial charge < -0.3 is 4.18 Å². The molecule has 3 nitrogen and oxygen atoms in total. The van der Waals surface area contributed by atoms with Crippen molar-refractivity contribution in [3.05, 3.63) is 90.5 Å². The lowest BCUT2D eigenvalue weighted by Crippen LogP contribution is -2.28. The van der Waals surface area contributed by atoms with Crippen LogP contribution < -0.4 is 4.18 Å². The van der Waals surface area contributed by atoms with E-state index in [-0.39, 0.29) is 0 Å². The highest BCUT2D eigenvalue weighted by molar-refractivity contribution is 7.88. The van der Waals surface area contributed by atoms with E-state index < -0.39 is 33.1 Å². The molecule has 0 fully saturated rings. The maximum absolute atomic E-state index is 12.1. The number of hydrogen-bond acceptors (Lipinski definition) is 3. The molecule has 0 N–H and O–H groups in total. The van der Waals surface area contributed by atoms with E-state index in [9.17, 15) is 34.8 Å². The van der Waals surface area contributed by atoms with Crippen LogP contribution in [0.1, 0.15) is 5.56 Å². The summed E-state index contributed by atoms with van der Waals surface area (Å²) in [5, 5.41) is 0. The second kappa shape index (κ2) is 10.1. The molecule has 0 aliphatic rings. The summed E-state index contributed by atoms with van der Waals surface area (Å²) in [4.78, 5) is 2.68. The first kappa shape index (κ1) is 24.6. The average Bonchev–Trinajstić information content (AvgIpc) is 2.69. The van der Waals surface area contributed by atoms with E-state index >= 15 is 0 Å². The molecular weight excluding hydrogens is 466 g/mol. The monoisotopic (exact) mass is 481 g/mol. The van der Waals surface area contributed by atoms with Gasteiger partial charge in [0, 0.05) is 11.8 Å². The van der Waals surface area contributed by atoms with Crippen molar-refractivity contribution in [3.8, 4) is 5.75 Å². The Balaban J connectivity index is 0.000000231. The Morgan fingerprint density at radius 3 is 1.42 bits per heavy atom. The highest BCUT2D eigenvalue weighted by Crippen LogP contribution is 2.32. The van der Waals surface area contributed by atoms with E-state index in [1.165, 1.54) is 21.6 Å². The second-order valence-corrected chi connectivity index (χ2v) is 8.58. The molecule has 0 aromatic heterocycles. The highest BCUT2D eigenvalue weighted by atomic mass is 32.2. The topological polar surface area (TPSA) is 43.4 Å².